The normalized spacial score (nSPS) is 11.0. The van der Waals surface area contributed by atoms with Crippen molar-refractivity contribution in [2.75, 3.05) is 6.61 Å². The summed E-state index contributed by atoms with van der Waals surface area (Å²) in [6.45, 7) is 9.57. The Morgan fingerprint density at radius 1 is 0.667 bits per heavy atom. The van der Waals surface area contributed by atoms with Gasteiger partial charge in [-0.3, -0.25) is 4.89 Å². The minimum absolute atomic E-state index is 0.0663. The summed E-state index contributed by atoms with van der Waals surface area (Å²) in [6, 6.07) is 18.4. The lowest BCUT2D eigenvalue weighted by Gasteiger charge is -2.16. The van der Waals surface area contributed by atoms with Gasteiger partial charge in [-0.25, -0.2) is 14.9 Å². The third kappa shape index (κ3) is 11.0. The fourth-order valence-corrected chi connectivity index (χ4v) is 5.49. The molecule has 0 saturated carbocycles. The first kappa shape index (κ1) is 35.8. The van der Waals surface area contributed by atoms with Gasteiger partial charge in [-0.05, 0) is 94.8 Å². The largest absolute Gasteiger partial charge is 0.391 e. The molecule has 0 amide bonds. The second kappa shape index (κ2) is 19.7. The Balaban J connectivity index is 1.88. The molecule has 2 N–H and O–H groups in total. The molecule has 0 spiro atoms. The van der Waals surface area contributed by atoms with Crippen LogP contribution in [0, 0.1) is 0 Å². The van der Waals surface area contributed by atoms with Crippen LogP contribution in [-0.4, -0.2) is 22.9 Å². The van der Waals surface area contributed by atoms with Gasteiger partial charge in [0.25, 0.3) is 0 Å². The Morgan fingerprint density at radius 3 is 1.73 bits per heavy atom. The molecular weight excluding hydrogens is 568 g/mol. The van der Waals surface area contributed by atoms with Crippen LogP contribution in [0.5, 0.6) is 11.5 Å². The first-order chi connectivity index (χ1) is 21.9. The third-order valence-corrected chi connectivity index (χ3v) is 8.16. The number of carbonyl (C=O) groups excluding carboxylic acids is 1. The van der Waals surface area contributed by atoms with Crippen LogP contribution in [-0.2, 0) is 34.0 Å². The highest BCUT2D eigenvalue weighted by Crippen LogP contribution is 2.35. The van der Waals surface area contributed by atoms with E-state index < -0.39 is 12.6 Å². The van der Waals surface area contributed by atoms with E-state index in [1.807, 2.05) is 24.3 Å². The van der Waals surface area contributed by atoms with Crippen LogP contribution in [0.15, 0.2) is 66.7 Å². The molecule has 0 saturated heterocycles. The zero-order chi connectivity index (χ0) is 32.4. The number of aliphatic hydroxyl groups is 1. The van der Waals surface area contributed by atoms with Crippen molar-refractivity contribution in [2.45, 2.75) is 104 Å². The SMILES string of the molecule is C=C(CO)C(=O)OOc1ccc(-c2ccc(-c3ccc(OOO)c(CCCCCCC)c3)cc2CC)cc1CCCCCCC. The average molecular weight is 619 g/mol. The van der Waals surface area contributed by atoms with Crippen molar-refractivity contribution in [2.24, 2.45) is 0 Å². The summed E-state index contributed by atoms with van der Waals surface area (Å²) in [5.74, 6) is 0.224. The van der Waals surface area contributed by atoms with Crippen molar-refractivity contribution in [3.63, 3.8) is 0 Å². The van der Waals surface area contributed by atoms with Crippen molar-refractivity contribution in [1.29, 1.82) is 0 Å². The lowest BCUT2D eigenvalue weighted by Crippen LogP contribution is -2.13. The van der Waals surface area contributed by atoms with Crippen LogP contribution in [0.1, 0.15) is 102 Å². The van der Waals surface area contributed by atoms with E-state index in [1.54, 1.807) is 0 Å². The number of hydrogen-bond acceptors (Lipinski definition) is 7. The van der Waals surface area contributed by atoms with Crippen LogP contribution in [0.4, 0.5) is 0 Å². The van der Waals surface area contributed by atoms with Crippen LogP contribution in [0.25, 0.3) is 22.3 Å². The quantitative estimate of drug-likeness (QED) is 0.0531. The molecule has 0 radical (unpaired) electrons. The van der Waals surface area contributed by atoms with Gasteiger partial charge < -0.3 is 9.99 Å². The zero-order valence-corrected chi connectivity index (χ0v) is 27.2. The molecule has 0 aromatic heterocycles. The number of unbranched alkanes of at least 4 members (excludes halogenated alkanes) is 8. The van der Waals surface area contributed by atoms with Crippen LogP contribution in [0.2, 0.25) is 0 Å². The van der Waals surface area contributed by atoms with Gasteiger partial charge in [-0.2, -0.15) is 0 Å². The van der Waals surface area contributed by atoms with Crippen molar-refractivity contribution in [3.8, 4) is 33.8 Å². The smallest absolute Gasteiger partial charge is 0.383 e. The molecule has 7 nitrogen and oxygen atoms in total. The molecule has 0 bridgehead atoms. The Morgan fingerprint density at radius 2 is 1.18 bits per heavy atom. The molecule has 3 aromatic rings. The molecule has 0 atom stereocenters. The van der Waals surface area contributed by atoms with Crippen molar-refractivity contribution >= 4 is 5.97 Å². The van der Waals surface area contributed by atoms with Crippen molar-refractivity contribution in [3.05, 3.63) is 83.4 Å². The Bertz CT molecular complexity index is 1360. The monoisotopic (exact) mass is 618 g/mol. The van der Waals surface area contributed by atoms with Gasteiger partial charge in [0, 0.05) is 5.56 Å². The lowest BCUT2D eigenvalue weighted by molar-refractivity contribution is -0.439. The summed E-state index contributed by atoms with van der Waals surface area (Å²) in [5, 5.41) is 22.1. The first-order valence-corrected chi connectivity index (χ1v) is 16.5. The maximum Gasteiger partial charge on any atom is 0.383 e. The average Bonchev–Trinajstić information content (AvgIpc) is 3.07. The van der Waals surface area contributed by atoms with Crippen LogP contribution in [0.3, 0.4) is 0 Å². The predicted molar refractivity (Wildman–Crippen MR) is 179 cm³/mol. The number of carbonyl (C=O) groups is 1. The summed E-state index contributed by atoms with van der Waals surface area (Å²) >= 11 is 0. The van der Waals surface area contributed by atoms with E-state index >= 15 is 0 Å². The molecular formula is C38H50O7. The number of aryl methyl sites for hydroxylation is 3. The van der Waals surface area contributed by atoms with Gasteiger partial charge in [0.2, 0.25) is 0 Å². The van der Waals surface area contributed by atoms with Gasteiger partial charge in [0.05, 0.1) is 12.2 Å². The minimum atomic E-state index is -0.789. The van der Waals surface area contributed by atoms with Crippen molar-refractivity contribution in [1.82, 2.24) is 0 Å². The highest BCUT2D eigenvalue weighted by Gasteiger charge is 2.15. The number of rotatable bonds is 21. The summed E-state index contributed by atoms with van der Waals surface area (Å²) < 4.78 is 0. The minimum Gasteiger partial charge on any atom is -0.391 e. The van der Waals surface area contributed by atoms with E-state index in [1.165, 1.54) is 44.1 Å². The van der Waals surface area contributed by atoms with Gasteiger partial charge in [-0.1, -0.05) is 109 Å². The van der Waals surface area contributed by atoms with E-state index in [9.17, 15) is 9.90 Å². The molecule has 45 heavy (non-hydrogen) atoms. The first-order valence-electron chi connectivity index (χ1n) is 16.5. The van der Waals surface area contributed by atoms with Crippen LogP contribution < -0.4 is 9.78 Å². The fourth-order valence-electron chi connectivity index (χ4n) is 5.49. The Hall–Kier alpha value is -3.65. The second-order valence-electron chi connectivity index (χ2n) is 11.6. The predicted octanol–water partition coefficient (Wildman–Crippen LogP) is 9.78. The molecule has 0 unspecified atom stereocenters. The van der Waals surface area contributed by atoms with E-state index in [2.05, 4.69) is 62.7 Å². The molecule has 0 aliphatic carbocycles. The lowest BCUT2D eigenvalue weighted by atomic mass is 9.91. The maximum absolute atomic E-state index is 12.0. The summed E-state index contributed by atoms with van der Waals surface area (Å²) in [4.78, 5) is 27.5. The molecule has 0 aliphatic heterocycles. The summed E-state index contributed by atoms with van der Waals surface area (Å²) in [7, 11) is 0. The number of aliphatic hydroxyl groups excluding tert-OH is 1. The molecule has 0 heterocycles. The molecule has 3 aromatic carbocycles. The van der Waals surface area contributed by atoms with E-state index in [-0.39, 0.29) is 5.57 Å². The van der Waals surface area contributed by atoms with Crippen molar-refractivity contribution < 1.29 is 34.9 Å². The molecule has 3 rings (SSSR count). The molecule has 244 valence electrons. The Labute approximate surface area is 268 Å². The third-order valence-electron chi connectivity index (χ3n) is 8.16. The number of benzene rings is 3. The maximum atomic E-state index is 12.0. The number of hydrogen-bond donors (Lipinski definition) is 2. The highest BCUT2D eigenvalue weighted by atomic mass is 17.5. The highest BCUT2D eigenvalue weighted by molar-refractivity contribution is 5.87. The molecule has 7 heteroatoms. The van der Waals surface area contributed by atoms with Crippen LogP contribution >= 0.6 is 0 Å². The standard InChI is InChI=1S/C38H50O7/c1-5-8-10-12-14-16-33-25-31(19-22-37(33)43-45-41)30-18-21-35(29(7-3)24-30)32-20-23-36(42-44-38(40)28(4)27-39)34(26-32)17-15-13-11-9-6-2/h18-26,39,41H,4-17,27H2,1-3H3. The van der Waals surface area contributed by atoms with Gasteiger partial charge in [-0.15, -0.1) is 0 Å². The topological polar surface area (TPSA) is 94.5 Å². The Kier molecular flexibility index (Phi) is 15.7. The molecule has 0 fully saturated rings. The van der Waals surface area contributed by atoms with Gasteiger partial charge >= 0.3 is 5.97 Å². The zero-order valence-electron chi connectivity index (χ0n) is 27.2. The van der Waals surface area contributed by atoms with Gasteiger partial charge in [0.15, 0.2) is 11.5 Å². The summed E-state index contributed by atoms with van der Waals surface area (Å²) in [5.41, 5.74) is 7.49. The van der Waals surface area contributed by atoms with E-state index in [0.717, 1.165) is 78.3 Å². The van der Waals surface area contributed by atoms with E-state index in [4.69, 9.17) is 19.9 Å². The van der Waals surface area contributed by atoms with E-state index in [0.29, 0.717) is 11.5 Å². The molecule has 0 aliphatic rings. The second-order valence-corrected chi connectivity index (χ2v) is 11.6. The van der Waals surface area contributed by atoms with Gasteiger partial charge in [0.1, 0.15) is 0 Å². The summed E-state index contributed by atoms with van der Waals surface area (Å²) in [6.07, 6.45) is 14.0. The fraction of sp³-hybridized carbons (Fsp3) is 0.447.